The smallest absolute Gasteiger partial charge is 0.0900 e. The van der Waals surface area contributed by atoms with Crippen LogP contribution in [0.25, 0.3) is 0 Å². The minimum absolute atomic E-state index is 0.315. The van der Waals surface area contributed by atoms with Gasteiger partial charge in [-0.1, -0.05) is 6.42 Å². The summed E-state index contributed by atoms with van der Waals surface area (Å²) in [5, 5.41) is 10.4. The van der Waals surface area contributed by atoms with Crippen LogP contribution in [0, 0.1) is 23.2 Å². The lowest BCUT2D eigenvalue weighted by Crippen LogP contribution is -2.48. The van der Waals surface area contributed by atoms with Crippen molar-refractivity contribution in [3.63, 3.8) is 0 Å². The summed E-state index contributed by atoms with van der Waals surface area (Å²) in [5.74, 6) is 2.97. The maximum absolute atomic E-state index is 10.4. The molecule has 132 valence electrons. The highest BCUT2D eigenvalue weighted by Gasteiger charge is 2.50. The van der Waals surface area contributed by atoms with Crippen molar-refractivity contribution in [2.75, 3.05) is 26.3 Å². The molecule has 0 amide bonds. The minimum atomic E-state index is -0.315. The zero-order chi connectivity index (χ0) is 15.9. The van der Waals surface area contributed by atoms with Gasteiger partial charge >= 0.3 is 0 Å². The van der Waals surface area contributed by atoms with E-state index in [2.05, 4.69) is 11.8 Å². The van der Waals surface area contributed by atoms with Gasteiger partial charge in [0.05, 0.1) is 19.3 Å². The van der Waals surface area contributed by atoms with Crippen molar-refractivity contribution in [2.24, 2.45) is 23.2 Å². The van der Waals surface area contributed by atoms with Crippen LogP contribution < -0.4 is 0 Å². The molecule has 0 spiro atoms. The van der Waals surface area contributed by atoms with E-state index in [0.29, 0.717) is 18.1 Å². The molecule has 2 atom stereocenters. The molecule has 1 saturated heterocycles. The number of piperidine rings is 1. The fourth-order valence-electron chi connectivity index (χ4n) is 6.63. The van der Waals surface area contributed by atoms with Crippen molar-refractivity contribution < 1.29 is 9.84 Å². The van der Waals surface area contributed by atoms with Crippen LogP contribution in [0.5, 0.6) is 0 Å². The van der Waals surface area contributed by atoms with E-state index in [9.17, 15) is 5.11 Å². The van der Waals surface area contributed by atoms with E-state index in [4.69, 9.17) is 4.74 Å². The molecule has 0 aromatic rings. The number of nitrogens with zero attached hydrogens (tertiary/aromatic N) is 1. The van der Waals surface area contributed by atoms with Crippen LogP contribution in [-0.2, 0) is 4.74 Å². The van der Waals surface area contributed by atoms with Gasteiger partial charge in [-0.05, 0) is 88.0 Å². The van der Waals surface area contributed by atoms with Crippen molar-refractivity contribution >= 4 is 0 Å². The minimum Gasteiger partial charge on any atom is -0.389 e. The van der Waals surface area contributed by atoms with Crippen LogP contribution in [0.1, 0.15) is 64.7 Å². The largest absolute Gasteiger partial charge is 0.389 e. The second-order valence-electron chi connectivity index (χ2n) is 9.43. The maximum Gasteiger partial charge on any atom is 0.0900 e. The number of rotatable bonds is 6. The van der Waals surface area contributed by atoms with E-state index in [1.165, 1.54) is 57.8 Å². The van der Waals surface area contributed by atoms with Crippen LogP contribution in [0.15, 0.2) is 0 Å². The molecule has 4 bridgehead atoms. The Morgan fingerprint density at radius 2 is 1.74 bits per heavy atom. The molecule has 0 aromatic carbocycles. The van der Waals surface area contributed by atoms with Gasteiger partial charge in [-0.25, -0.2) is 0 Å². The monoisotopic (exact) mass is 321 g/mol. The van der Waals surface area contributed by atoms with Crippen molar-refractivity contribution in [2.45, 2.75) is 76.9 Å². The average molecular weight is 322 g/mol. The summed E-state index contributed by atoms with van der Waals surface area (Å²) < 4.78 is 6.08. The van der Waals surface area contributed by atoms with E-state index in [0.717, 1.165) is 37.5 Å². The third-order valence-corrected chi connectivity index (χ3v) is 7.27. The molecule has 1 N–H and O–H groups in total. The normalized spacial score (nSPS) is 44.6. The van der Waals surface area contributed by atoms with Gasteiger partial charge in [-0.3, -0.25) is 4.90 Å². The second-order valence-corrected chi connectivity index (χ2v) is 9.43. The zero-order valence-corrected chi connectivity index (χ0v) is 14.9. The number of likely N-dealkylation sites (tertiary alicyclic amines) is 1. The van der Waals surface area contributed by atoms with Crippen LogP contribution in [0.3, 0.4) is 0 Å². The SMILES string of the molecule is C[C@H]1CCCCN1C[C@@H](O)COCC12CC3CC(CC(C3)C1)C2. The topological polar surface area (TPSA) is 32.7 Å². The average Bonchev–Trinajstić information content (AvgIpc) is 2.48. The van der Waals surface area contributed by atoms with E-state index < -0.39 is 0 Å². The lowest BCUT2D eigenvalue weighted by atomic mass is 9.50. The summed E-state index contributed by atoms with van der Waals surface area (Å²) >= 11 is 0. The van der Waals surface area contributed by atoms with Gasteiger partial charge in [-0.2, -0.15) is 0 Å². The van der Waals surface area contributed by atoms with Crippen molar-refractivity contribution in [3.8, 4) is 0 Å². The predicted octanol–water partition coefficient (Wildman–Crippen LogP) is 3.45. The Kier molecular flexibility index (Phi) is 4.73. The number of aliphatic hydroxyl groups is 1. The highest BCUT2D eigenvalue weighted by atomic mass is 16.5. The number of β-amino-alcohol motifs (C(OH)–C–C–N with tert-alkyl or cyclic N) is 1. The Hall–Kier alpha value is -0.120. The van der Waals surface area contributed by atoms with Gasteiger partial charge in [0.1, 0.15) is 0 Å². The van der Waals surface area contributed by atoms with E-state index >= 15 is 0 Å². The standard InChI is InChI=1S/C20H35NO2/c1-15-4-2-3-5-21(15)12-19(22)13-23-14-20-9-16-6-17(10-20)8-18(7-16)11-20/h15-19,22H,2-14H2,1H3/t15-,16?,17?,18?,19+,20?/m0/s1. The third kappa shape index (κ3) is 3.62. The van der Waals surface area contributed by atoms with Gasteiger partial charge in [-0.15, -0.1) is 0 Å². The van der Waals surface area contributed by atoms with Gasteiger partial charge in [0.15, 0.2) is 0 Å². The van der Waals surface area contributed by atoms with E-state index in [1.807, 2.05) is 0 Å². The van der Waals surface area contributed by atoms with Gasteiger partial charge in [0, 0.05) is 12.6 Å². The molecule has 5 fully saturated rings. The molecule has 4 aliphatic carbocycles. The summed E-state index contributed by atoms with van der Waals surface area (Å²) in [4.78, 5) is 2.45. The number of hydrogen-bond donors (Lipinski definition) is 1. The first kappa shape index (κ1) is 16.4. The second kappa shape index (κ2) is 6.65. The molecule has 5 aliphatic rings. The van der Waals surface area contributed by atoms with E-state index in [1.54, 1.807) is 0 Å². The molecular weight excluding hydrogens is 286 g/mol. The van der Waals surface area contributed by atoms with Crippen LogP contribution in [-0.4, -0.2) is 48.5 Å². The predicted molar refractivity (Wildman–Crippen MR) is 92.3 cm³/mol. The highest BCUT2D eigenvalue weighted by molar-refractivity contribution is 5.01. The molecule has 23 heavy (non-hydrogen) atoms. The Morgan fingerprint density at radius 1 is 1.09 bits per heavy atom. The molecule has 4 saturated carbocycles. The molecule has 5 rings (SSSR count). The summed E-state index contributed by atoms with van der Waals surface area (Å²) in [7, 11) is 0. The van der Waals surface area contributed by atoms with Gasteiger partial charge < -0.3 is 9.84 Å². The lowest BCUT2D eigenvalue weighted by Gasteiger charge is -2.56. The number of hydrogen-bond acceptors (Lipinski definition) is 3. The first-order valence-electron chi connectivity index (χ1n) is 10.1. The first-order valence-corrected chi connectivity index (χ1v) is 10.1. The highest BCUT2D eigenvalue weighted by Crippen LogP contribution is 2.60. The van der Waals surface area contributed by atoms with E-state index in [-0.39, 0.29) is 6.10 Å². The third-order valence-electron chi connectivity index (χ3n) is 7.27. The van der Waals surface area contributed by atoms with Gasteiger partial charge in [0.25, 0.3) is 0 Å². The van der Waals surface area contributed by atoms with Crippen molar-refractivity contribution in [1.82, 2.24) is 4.90 Å². The lowest BCUT2D eigenvalue weighted by molar-refractivity contribution is -0.107. The fourth-order valence-corrected chi connectivity index (χ4v) is 6.63. The quantitative estimate of drug-likeness (QED) is 0.813. The molecule has 0 unspecified atom stereocenters. The molecule has 1 aliphatic heterocycles. The van der Waals surface area contributed by atoms with Crippen LogP contribution in [0.4, 0.5) is 0 Å². The molecule has 0 aromatic heterocycles. The summed E-state index contributed by atoms with van der Waals surface area (Å²) in [6.07, 6.45) is 12.3. The number of ether oxygens (including phenoxy) is 1. The Labute approximate surface area is 141 Å². The Balaban J connectivity index is 1.22. The molecule has 3 nitrogen and oxygen atoms in total. The Morgan fingerprint density at radius 3 is 2.35 bits per heavy atom. The molecule has 3 heteroatoms. The number of aliphatic hydroxyl groups excluding tert-OH is 1. The maximum atomic E-state index is 10.4. The Bertz CT molecular complexity index is 375. The fraction of sp³-hybridized carbons (Fsp3) is 1.00. The molecule has 1 heterocycles. The summed E-state index contributed by atoms with van der Waals surface area (Å²) in [6.45, 7) is 5.67. The van der Waals surface area contributed by atoms with Crippen LogP contribution >= 0.6 is 0 Å². The summed E-state index contributed by atoms with van der Waals surface area (Å²) in [5.41, 5.74) is 0.479. The zero-order valence-electron chi connectivity index (χ0n) is 14.9. The molecular formula is C20H35NO2. The van der Waals surface area contributed by atoms with Crippen LogP contribution in [0.2, 0.25) is 0 Å². The molecule has 0 radical (unpaired) electrons. The first-order chi connectivity index (χ1) is 11.1. The van der Waals surface area contributed by atoms with Gasteiger partial charge in [0.2, 0.25) is 0 Å². The van der Waals surface area contributed by atoms with Crippen molar-refractivity contribution in [1.29, 1.82) is 0 Å². The summed E-state index contributed by atoms with van der Waals surface area (Å²) in [6, 6.07) is 0.626. The van der Waals surface area contributed by atoms with Crippen molar-refractivity contribution in [3.05, 3.63) is 0 Å².